The molecule has 5 nitrogen and oxygen atoms in total. The smallest absolute Gasteiger partial charge is 0.410 e. The summed E-state index contributed by atoms with van der Waals surface area (Å²) in [6, 6.07) is 5.79. The number of anilines is 1. The predicted octanol–water partition coefficient (Wildman–Crippen LogP) is 3.60. The van der Waals surface area contributed by atoms with Crippen molar-refractivity contribution < 1.29 is 14.3 Å². The normalized spacial score (nSPS) is 18.6. The van der Waals surface area contributed by atoms with Gasteiger partial charge in [-0.25, -0.2) is 4.79 Å². The molecular weight excluding hydrogens is 292 g/mol. The molecule has 0 aliphatic carbocycles. The van der Waals surface area contributed by atoms with Crippen molar-refractivity contribution in [1.29, 1.82) is 0 Å². The molecule has 128 valence electrons. The van der Waals surface area contributed by atoms with Gasteiger partial charge in [0, 0.05) is 19.0 Å². The molecule has 1 fully saturated rings. The summed E-state index contributed by atoms with van der Waals surface area (Å²) in [4.78, 5) is 13.9. The van der Waals surface area contributed by atoms with E-state index >= 15 is 0 Å². The Hall–Kier alpha value is -1.91. The lowest BCUT2D eigenvalue weighted by Gasteiger charge is -2.34. The van der Waals surface area contributed by atoms with Gasteiger partial charge in [0.1, 0.15) is 11.4 Å². The van der Waals surface area contributed by atoms with Crippen molar-refractivity contribution in [2.24, 2.45) is 5.92 Å². The summed E-state index contributed by atoms with van der Waals surface area (Å²) in [5, 5.41) is 0. The minimum atomic E-state index is -0.461. The van der Waals surface area contributed by atoms with E-state index < -0.39 is 5.60 Å². The lowest BCUT2D eigenvalue weighted by atomic mass is 9.99. The van der Waals surface area contributed by atoms with Crippen molar-refractivity contribution in [3.05, 3.63) is 23.8 Å². The highest BCUT2D eigenvalue weighted by atomic mass is 16.6. The van der Waals surface area contributed by atoms with E-state index in [9.17, 15) is 4.79 Å². The Morgan fingerprint density at radius 2 is 2.13 bits per heavy atom. The van der Waals surface area contributed by atoms with Gasteiger partial charge in [0.05, 0.1) is 12.3 Å². The van der Waals surface area contributed by atoms with Crippen LogP contribution in [0.25, 0.3) is 0 Å². The van der Waals surface area contributed by atoms with Gasteiger partial charge in [-0.15, -0.1) is 0 Å². The van der Waals surface area contributed by atoms with E-state index in [4.69, 9.17) is 15.2 Å². The highest BCUT2D eigenvalue weighted by molar-refractivity contribution is 5.68. The van der Waals surface area contributed by atoms with Gasteiger partial charge in [-0.1, -0.05) is 6.07 Å². The van der Waals surface area contributed by atoms with Crippen LogP contribution in [0.2, 0.25) is 0 Å². The number of likely N-dealkylation sites (tertiary alicyclic amines) is 1. The first kappa shape index (κ1) is 17.4. The van der Waals surface area contributed by atoms with Crippen molar-refractivity contribution in [3.8, 4) is 5.75 Å². The van der Waals surface area contributed by atoms with Crippen molar-refractivity contribution in [2.45, 2.75) is 46.1 Å². The highest BCUT2D eigenvalue weighted by Gasteiger charge is 2.28. The molecule has 1 atom stereocenters. The molecule has 1 aliphatic heterocycles. The molecule has 0 spiro atoms. The largest absolute Gasteiger partial charge is 0.491 e. The van der Waals surface area contributed by atoms with Crippen molar-refractivity contribution in [1.82, 2.24) is 4.90 Å². The first-order chi connectivity index (χ1) is 10.7. The molecule has 0 bridgehead atoms. The second-order valence-corrected chi connectivity index (χ2v) is 7.29. The van der Waals surface area contributed by atoms with Gasteiger partial charge in [0.15, 0.2) is 0 Å². The Morgan fingerprint density at radius 1 is 1.39 bits per heavy atom. The molecule has 2 N–H and O–H groups in total. The molecule has 23 heavy (non-hydrogen) atoms. The van der Waals surface area contributed by atoms with E-state index in [1.807, 2.05) is 45.9 Å². The third-order valence-corrected chi connectivity index (χ3v) is 3.81. The van der Waals surface area contributed by atoms with Gasteiger partial charge in [-0.3, -0.25) is 0 Å². The quantitative estimate of drug-likeness (QED) is 0.864. The summed E-state index contributed by atoms with van der Waals surface area (Å²) in [7, 11) is 0. The second kappa shape index (κ2) is 7.11. The van der Waals surface area contributed by atoms with E-state index in [1.165, 1.54) is 0 Å². The van der Waals surface area contributed by atoms with Crippen LogP contribution in [0.5, 0.6) is 5.75 Å². The second-order valence-electron chi connectivity index (χ2n) is 7.29. The Bertz CT molecular complexity index is 552. The number of nitrogen functional groups attached to an aromatic ring is 1. The number of carbonyl (C=O) groups excluding carboxylic acids is 1. The van der Waals surface area contributed by atoms with Crippen molar-refractivity contribution in [2.75, 3.05) is 25.4 Å². The summed E-state index contributed by atoms with van der Waals surface area (Å²) in [5.74, 6) is 1.02. The van der Waals surface area contributed by atoms with Crippen molar-refractivity contribution >= 4 is 11.8 Å². The predicted molar refractivity (Wildman–Crippen MR) is 91.6 cm³/mol. The maximum absolute atomic E-state index is 12.2. The summed E-state index contributed by atoms with van der Waals surface area (Å²) < 4.78 is 11.3. The number of rotatable bonds is 3. The van der Waals surface area contributed by atoms with Gasteiger partial charge < -0.3 is 20.1 Å². The lowest BCUT2D eigenvalue weighted by Crippen LogP contribution is -2.44. The van der Waals surface area contributed by atoms with Crippen LogP contribution >= 0.6 is 0 Å². The topological polar surface area (TPSA) is 64.8 Å². The maximum Gasteiger partial charge on any atom is 0.410 e. The molecule has 1 aromatic carbocycles. The fourth-order valence-corrected chi connectivity index (χ4v) is 2.70. The van der Waals surface area contributed by atoms with E-state index in [1.54, 1.807) is 4.90 Å². The fraction of sp³-hybridized carbons (Fsp3) is 0.611. The highest BCUT2D eigenvalue weighted by Crippen LogP contribution is 2.25. The van der Waals surface area contributed by atoms with Crippen LogP contribution in [0.15, 0.2) is 18.2 Å². The monoisotopic (exact) mass is 320 g/mol. The zero-order chi connectivity index (χ0) is 17.0. The van der Waals surface area contributed by atoms with Crippen LogP contribution in [0.3, 0.4) is 0 Å². The minimum Gasteiger partial charge on any atom is -0.491 e. The summed E-state index contributed by atoms with van der Waals surface area (Å²) in [6.07, 6.45) is 1.78. The van der Waals surface area contributed by atoms with E-state index in [-0.39, 0.29) is 6.09 Å². The SMILES string of the molecule is Cc1ccc(OCC2CCCN(C(=O)OC(C)(C)C)C2)c(N)c1. The minimum absolute atomic E-state index is 0.239. The van der Waals surface area contributed by atoms with E-state index in [0.717, 1.165) is 24.9 Å². The third kappa shape index (κ3) is 5.34. The van der Waals surface area contributed by atoms with E-state index in [2.05, 4.69) is 0 Å². The standard InChI is InChI=1S/C18H28N2O3/c1-13-7-8-16(15(19)10-13)22-12-14-6-5-9-20(11-14)17(21)23-18(2,3)4/h7-8,10,14H,5-6,9,11-12,19H2,1-4H3. The lowest BCUT2D eigenvalue weighted by molar-refractivity contribution is 0.0139. The molecule has 1 aliphatic rings. The molecule has 1 aromatic rings. The van der Waals surface area contributed by atoms with Crippen LogP contribution in [0.4, 0.5) is 10.5 Å². The zero-order valence-electron chi connectivity index (χ0n) is 14.6. The molecule has 5 heteroatoms. The van der Waals surface area contributed by atoms with Crippen LogP contribution in [0.1, 0.15) is 39.2 Å². The number of nitrogens with zero attached hydrogens (tertiary/aromatic N) is 1. The number of hydrogen-bond donors (Lipinski definition) is 1. The average molecular weight is 320 g/mol. The zero-order valence-corrected chi connectivity index (χ0v) is 14.6. The molecule has 1 amide bonds. The average Bonchev–Trinajstić information content (AvgIpc) is 2.45. The van der Waals surface area contributed by atoms with Gasteiger partial charge in [0.25, 0.3) is 0 Å². The summed E-state index contributed by atoms with van der Waals surface area (Å²) in [5.41, 5.74) is 7.28. The van der Waals surface area contributed by atoms with Gasteiger partial charge in [-0.05, 0) is 58.2 Å². The Labute approximate surface area is 138 Å². The van der Waals surface area contributed by atoms with Crippen LogP contribution in [-0.4, -0.2) is 36.3 Å². The number of hydrogen-bond acceptors (Lipinski definition) is 4. The van der Waals surface area contributed by atoms with Crippen LogP contribution in [0, 0.1) is 12.8 Å². The fourth-order valence-electron chi connectivity index (χ4n) is 2.70. The first-order valence-corrected chi connectivity index (χ1v) is 8.21. The Balaban J connectivity index is 1.87. The number of nitrogens with two attached hydrogens (primary N) is 1. The van der Waals surface area contributed by atoms with Crippen LogP contribution < -0.4 is 10.5 Å². The summed E-state index contributed by atoms with van der Waals surface area (Å²) in [6.45, 7) is 9.63. The number of aryl methyl sites for hydroxylation is 1. The molecule has 1 heterocycles. The number of benzene rings is 1. The van der Waals surface area contributed by atoms with E-state index in [0.29, 0.717) is 30.5 Å². The first-order valence-electron chi connectivity index (χ1n) is 8.21. The molecule has 0 saturated carbocycles. The number of amides is 1. The molecular formula is C18H28N2O3. The third-order valence-electron chi connectivity index (χ3n) is 3.81. The molecule has 0 aromatic heterocycles. The van der Waals surface area contributed by atoms with Gasteiger partial charge in [0.2, 0.25) is 0 Å². The maximum atomic E-state index is 12.2. The van der Waals surface area contributed by atoms with Gasteiger partial charge in [-0.2, -0.15) is 0 Å². The molecule has 1 saturated heterocycles. The van der Waals surface area contributed by atoms with Crippen molar-refractivity contribution in [3.63, 3.8) is 0 Å². The Morgan fingerprint density at radius 3 is 2.78 bits per heavy atom. The summed E-state index contributed by atoms with van der Waals surface area (Å²) >= 11 is 0. The molecule has 1 unspecified atom stereocenters. The number of piperidine rings is 1. The Kier molecular flexibility index (Phi) is 5.39. The van der Waals surface area contributed by atoms with Crippen LogP contribution in [-0.2, 0) is 4.74 Å². The molecule has 2 rings (SSSR count). The number of ether oxygens (including phenoxy) is 2. The molecule has 0 radical (unpaired) electrons. The number of carbonyl (C=O) groups is 1. The van der Waals surface area contributed by atoms with Gasteiger partial charge >= 0.3 is 6.09 Å².